The van der Waals surface area contributed by atoms with Crippen LogP contribution < -0.4 is 5.32 Å². The van der Waals surface area contributed by atoms with E-state index in [1.165, 1.54) is 5.56 Å². The van der Waals surface area contributed by atoms with E-state index in [9.17, 15) is 5.11 Å². The Morgan fingerprint density at radius 1 is 1.04 bits per heavy atom. The van der Waals surface area contributed by atoms with Crippen LogP contribution in [-0.4, -0.2) is 14.5 Å². The van der Waals surface area contributed by atoms with Crippen LogP contribution in [0.3, 0.4) is 0 Å². The van der Waals surface area contributed by atoms with E-state index in [1.54, 1.807) is 6.07 Å². The molecule has 4 aromatic rings. The molecule has 0 unspecified atom stereocenters. The number of phenols is 1. The van der Waals surface area contributed by atoms with Crippen molar-refractivity contribution in [1.82, 2.24) is 9.38 Å². The van der Waals surface area contributed by atoms with E-state index in [0.717, 1.165) is 29.1 Å². The van der Waals surface area contributed by atoms with E-state index >= 15 is 0 Å². The lowest BCUT2D eigenvalue weighted by Crippen LogP contribution is -2.03. The molecule has 2 aromatic heterocycles. The van der Waals surface area contributed by atoms with Gasteiger partial charge >= 0.3 is 0 Å². The number of anilines is 1. The highest BCUT2D eigenvalue weighted by atomic mass is 35.5. The Hall–Kier alpha value is -2.98. The van der Waals surface area contributed by atoms with Crippen molar-refractivity contribution in [3.8, 4) is 17.0 Å². The summed E-state index contributed by atoms with van der Waals surface area (Å²) in [6.07, 6.45) is 2.96. The third-order valence-electron chi connectivity index (χ3n) is 4.61. The Labute approximate surface area is 163 Å². The van der Waals surface area contributed by atoms with Crippen molar-refractivity contribution in [2.24, 2.45) is 0 Å². The number of phenolic OH excluding ortho intramolecular Hbond substituents is 1. The number of hydrogen-bond acceptors (Lipinski definition) is 3. The molecule has 0 aliphatic heterocycles. The number of imidazole rings is 1. The standard InChI is InChI=1S/C22H20ClN3O/c1-2-15-10-11-26-20(13-15)25-21(18-8-3-4-9-19(18)27)22(26)24-14-16-6-5-7-17(23)12-16/h3-13,24,27H,2,14H2,1H3. The van der Waals surface area contributed by atoms with Gasteiger partial charge in [-0.1, -0.05) is 42.8 Å². The average molecular weight is 378 g/mol. The molecule has 2 aromatic carbocycles. The van der Waals surface area contributed by atoms with Crippen molar-refractivity contribution >= 4 is 23.1 Å². The molecule has 0 amide bonds. The highest BCUT2D eigenvalue weighted by molar-refractivity contribution is 6.30. The first-order valence-electron chi connectivity index (χ1n) is 8.93. The van der Waals surface area contributed by atoms with Crippen LogP contribution >= 0.6 is 11.6 Å². The summed E-state index contributed by atoms with van der Waals surface area (Å²) in [4.78, 5) is 4.80. The Bertz CT molecular complexity index is 1100. The molecule has 0 spiro atoms. The summed E-state index contributed by atoms with van der Waals surface area (Å²) in [5.41, 5.74) is 4.57. The van der Waals surface area contributed by atoms with Gasteiger partial charge in [0.25, 0.3) is 0 Å². The van der Waals surface area contributed by atoms with Crippen LogP contribution in [0, 0.1) is 0 Å². The predicted octanol–water partition coefficient (Wildman–Crippen LogP) is 5.53. The monoisotopic (exact) mass is 377 g/mol. The first-order chi connectivity index (χ1) is 13.2. The van der Waals surface area contributed by atoms with E-state index in [1.807, 2.05) is 53.1 Å². The zero-order valence-corrected chi connectivity index (χ0v) is 15.7. The van der Waals surface area contributed by atoms with Crippen molar-refractivity contribution in [3.63, 3.8) is 0 Å². The van der Waals surface area contributed by atoms with Gasteiger partial charge in [0.1, 0.15) is 22.9 Å². The number of rotatable bonds is 5. The number of benzene rings is 2. The van der Waals surface area contributed by atoms with Gasteiger partial charge in [-0.25, -0.2) is 4.98 Å². The number of halogens is 1. The van der Waals surface area contributed by atoms with Gasteiger partial charge in [0, 0.05) is 23.3 Å². The summed E-state index contributed by atoms with van der Waals surface area (Å²) < 4.78 is 2.02. The van der Waals surface area contributed by atoms with Crippen molar-refractivity contribution in [2.75, 3.05) is 5.32 Å². The lowest BCUT2D eigenvalue weighted by molar-refractivity contribution is 0.477. The molecule has 136 valence electrons. The van der Waals surface area contributed by atoms with Gasteiger partial charge in [0.05, 0.1) is 0 Å². The Morgan fingerprint density at radius 3 is 2.67 bits per heavy atom. The van der Waals surface area contributed by atoms with Crippen molar-refractivity contribution in [2.45, 2.75) is 19.9 Å². The minimum absolute atomic E-state index is 0.211. The highest BCUT2D eigenvalue weighted by Gasteiger charge is 2.17. The summed E-state index contributed by atoms with van der Waals surface area (Å²) in [5, 5.41) is 14.5. The summed E-state index contributed by atoms with van der Waals surface area (Å²) in [5.74, 6) is 1.05. The van der Waals surface area contributed by atoms with Crippen molar-refractivity contribution in [3.05, 3.63) is 83.0 Å². The lowest BCUT2D eigenvalue weighted by Gasteiger charge is -2.10. The van der Waals surface area contributed by atoms with Gasteiger partial charge < -0.3 is 10.4 Å². The number of pyridine rings is 1. The maximum atomic E-state index is 10.3. The molecule has 4 nitrogen and oxygen atoms in total. The number of hydrogen-bond donors (Lipinski definition) is 2. The van der Waals surface area contributed by atoms with Gasteiger partial charge in [-0.3, -0.25) is 4.40 Å². The van der Waals surface area contributed by atoms with Gasteiger partial charge in [0.2, 0.25) is 0 Å². The second-order valence-corrected chi connectivity index (χ2v) is 6.86. The lowest BCUT2D eigenvalue weighted by atomic mass is 10.1. The molecule has 0 saturated heterocycles. The van der Waals surface area contributed by atoms with Crippen LogP contribution in [0.25, 0.3) is 16.9 Å². The fourth-order valence-electron chi connectivity index (χ4n) is 3.17. The zero-order valence-electron chi connectivity index (χ0n) is 15.0. The van der Waals surface area contributed by atoms with Gasteiger partial charge in [-0.2, -0.15) is 0 Å². The van der Waals surface area contributed by atoms with Crippen LogP contribution in [0.5, 0.6) is 5.75 Å². The molecule has 0 saturated carbocycles. The maximum absolute atomic E-state index is 10.3. The first-order valence-corrected chi connectivity index (χ1v) is 9.31. The summed E-state index contributed by atoms with van der Waals surface area (Å²) in [6, 6.07) is 19.2. The van der Waals surface area contributed by atoms with Crippen molar-refractivity contribution < 1.29 is 5.11 Å². The molecular weight excluding hydrogens is 358 g/mol. The highest BCUT2D eigenvalue weighted by Crippen LogP contribution is 2.35. The van der Waals surface area contributed by atoms with Gasteiger partial charge in [-0.05, 0) is 53.9 Å². The topological polar surface area (TPSA) is 49.6 Å². The molecule has 4 rings (SSSR count). The fourth-order valence-corrected chi connectivity index (χ4v) is 3.38. The second-order valence-electron chi connectivity index (χ2n) is 6.43. The quantitative estimate of drug-likeness (QED) is 0.480. The number of fused-ring (bicyclic) bond motifs is 1. The number of para-hydroxylation sites is 1. The molecule has 0 radical (unpaired) electrons. The van der Waals surface area contributed by atoms with Crippen LogP contribution in [-0.2, 0) is 13.0 Å². The minimum atomic E-state index is 0.211. The van der Waals surface area contributed by atoms with Crippen LogP contribution in [0.4, 0.5) is 5.82 Å². The van der Waals surface area contributed by atoms with Gasteiger partial charge in [0.15, 0.2) is 0 Å². The number of aromatic nitrogens is 2. The summed E-state index contributed by atoms with van der Waals surface area (Å²) >= 11 is 6.10. The molecule has 0 aliphatic rings. The maximum Gasteiger partial charge on any atom is 0.139 e. The fraction of sp³-hybridized carbons (Fsp3) is 0.136. The number of nitrogens with one attached hydrogen (secondary N) is 1. The SMILES string of the molecule is CCc1ccn2c(NCc3cccc(Cl)c3)c(-c3ccccc3O)nc2c1. The molecular formula is C22H20ClN3O. The molecule has 0 fully saturated rings. The minimum Gasteiger partial charge on any atom is -0.507 e. The zero-order chi connectivity index (χ0) is 18.8. The average Bonchev–Trinajstić information content (AvgIpc) is 3.04. The van der Waals surface area contributed by atoms with Crippen LogP contribution in [0.2, 0.25) is 5.02 Å². The Balaban J connectivity index is 1.81. The third-order valence-corrected chi connectivity index (χ3v) is 4.84. The summed E-state index contributed by atoms with van der Waals surface area (Å²) in [7, 11) is 0. The largest absolute Gasteiger partial charge is 0.507 e. The Kier molecular flexibility index (Phi) is 4.73. The van der Waals surface area contributed by atoms with Crippen molar-refractivity contribution in [1.29, 1.82) is 0 Å². The second kappa shape index (κ2) is 7.33. The van der Waals surface area contributed by atoms with E-state index in [0.29, 0.717) is 17.1 Å². The van der Waals surface area contributed by atoms with Crippen LogP contribution in [0.1, 0.15) is 18.1 Å². The van der Waals surface area contributed by atoms with Crippen LogP contribution in [0.15, 0.2) is 66.9 Å². The normalized spacial score (nSPS) is 11.0. The molecule has 5 heteroatoms. The number of aryl methyl sites for hydroxylation is 1. The van der Waals surface area contributed by atoms with E-state index < -0.39 is 0 Å². The third kappa shape index (κ3) is 3.49. The molecule has 27 heavy (non-hydrogen) atoms. The van der Waals surface area contributed by atoms with E-state index in [-0.39, 0.29) is 5.75 Å². The molecule has 2 N–H and O–H groups in total. The number of nitrogens with zero attached hydrogens (tertiary/aromatic N) is 2. The first kappa shape index (κ1) is 17.4. The number of aromatic hydroxyl groups is 1. The van der Waals surface area contributed by atoms with Gasteiger partial charge in [-0.15, -0.1) is 0 Å². The summed E-state index contributed by atoms with van der Waals surface area (Å²) in [6.45, 7) is 2.72. The Morgan fingerprint density at radius 2 is 1.89 bits per heavy atom. The van der Waals surface area contributed by atoms with E-state index in [4.69, 9.17) is 16.6 Å². The molecule has 0 bridgehead atoms. The molecule has 0 atom stereocenters. The van der Waals surface area contributed by atoms with E-state index in [2.05, 4.69) is 24.4 Å². The molecule has 2 heterocycles. The smallest absolute Gasteiger partial charge is 0.139 e. The predicted molar refractivity (Wildman–Crippen MR) is 110 cm³/mol. The molecule has 0 aliphatic carbocycles.